The van der Waals surface area contributed by atoms with Crippen LogP contribution >= 0.6 is 22.7 Å². The zero-order valence-corrected chi connectivity index (χ0v) is 14.6. The number of guanidine groups is 1. The van der Waals surface area contributed by atoms with Gasteiger partial charge in [-0.05, 0) is 23.9 Å². The van der Waals surface area contributed by atoms with Gasteiger partial charge in [0, 0.05) is 23.2 Å². The molecule has 114 valence electrons. The third kappa shape index (κ3) is 4.54. The molecule has 2 rings (SSSR count). The van der Waals surface area contributed by atoms with E-state index in [-0.39, 0.29) is 0 Å². The van der Waals surface area contributed by atoms with Crippen molar-refractivity contribution in [3.63, 3.8) is 0 Å². The Balaban J connectivity index is 1.83. The smallest absolute Gasteiger partial charge is 0.191 e. The second-order valence-electron chi connectivity index (χ2n) is 5.14. The van der Waals surface area contributed by atoms with Gasteiger partial charge in [-0.3, -0.25) is 4.99 Å². The van der Waals surface area contributed by atoms with E-state index < -0.39 is 0 Å². The van der Waals surface area contributed by atoms with Crippen molar-refractivity contribution >= 4 is 28.6 Å². The summed E-state index contributed by atoms with van der Waals surface area (Å²) in [6.45, 7) is 7.97. The van der Waals surface area contributed by atoms with Crippen molar-refractivity contribution in [2.45, 2.75) is 39.8 Å². The van der Waals surface area contributed by atoms with Gasteiger partial charge in [-0.25, -0.2) is 4.98 Å². The van der Waals surface area contributed by atoms with E-state index in [4.69, 9.17) is 0 Å². The van der Waals surface area contributed by atoms with Crippen LogP contribution in [0.15, 0.2) is 21.8 Å². The molecule has 0 saturated heterocycles. The first-order chi connectivity index (χ1) is 10.1. The number of nitrogens with one attached hydrogen (secondary N) is 2. The molecular weight excluding hydrogens is 300 g/mol. The van der Waals surface area contributed by atoms with E-state index in [2.05, 4.69) is 58.2 Å². The number of aryl methyl sites for hydroxylation is 1. The Bertz CT molecular complexity index is 598. The summed E-state index contributed by atoms with van der Waals surface area (Å²) in [5.74, 6) is 1.30. The number of rotatable bonds is 5. The van der Waals surface area contributed by atoms with Crippen molar-refractivity contribution in [2.24, 2.45) is 4.99 Å². The highest BCUT2D eigenvalue weighted by molar-refractivity contribution is 7.10. The summed E-state index contributed by atoms with van der Waals surface area (Å²) >= 11 is 3.49. The van der Waals surface area contributed by atoms with Crippen LogP contribution in [0.25, 0.3) is 0 Å². The Labute approximate surface area is 134 Å². The summed E-state index contributed by atoms with van der Waals surface area (Å²) in [6, 6.07) is 2.14. The van der Waals surface area contributed by atoms with E-state index in [0.717, 1.165) is 18.2 Å². The maximum Gasteiger partial charge on any atom is 0.191 e. The van der Waals surface area contributed by atoms with Crippen molar-refractivity contribution in [3.8, 4) is 0 Å². The summed E-state index contributed by atoms with van der Waals surface area (Å²) in [4.78, 5) is 10.2. The van der Waals surface area contributed by atoms with Crippen LogP contribution < -0.4 is 10.6 Å². The predicted octanol–water partition coefficient (Wildman–Crippen LogP) is 3.50. The van der Waals surface area contributed by atoms with Gasteiger partial charge in [0.2, 0.25) is 0 Å². The predicted molar refractivity (Wildman–Crippen MR) is 92.3 cm³/mol. The molecule has 2 heterocycles. The third-order valence-corrected chi connectivity index (χ3v) is 5.33. The fourth-order valence-corrected chi connectivity index (χ4v) is 3.49. The van der Waals surface area contributed by atoms with Crippen molar-refractivity contribution in [2.75, 3.05) is 7.05 Å². The Morgan fingerprint density at radius 2 is 2.05 bits per heavy atom. The van der Waals surface area contributed by atoms with Gasteiger partial charge in [0.1, 0.15) is 0 Å². The molecule has 2 N–H and O–H groups in total. The lowest BCUT2D eigenvalue weighted by atomic mass is 10.2. The van der Waals surface area contributed by atoms with Crippen molar-refractivity contribution in [3.05, 3.63) is 38.0 Å². The zero-order chi connectivity index (χ0) is 15.2. The van der Waals surface area contributed by atoms with Gasteiger partial charge >= 0.3 is 0 Å². The SMILES string of the molecule is CN=C(NCc1csc(C(C)C)n1)NCc1sccc1C. The summed E-state index contributed by atoms with van der Waals surface area (Å²) in [7, 11) is 1.79. The van der Waals surface area contributed by atoms with Gasteiger partial charge in [0.05, 0.1) is 23.8 Å². The second-order valence-corrected chi connectivity index (χ2v) is 7.03. The summed E-state index contributed by atoms with van der Waals surface area (Å²) in [5.41, 5.74) is 2.39. The second kappa shape index (κ2) is 7.56. The number of nitrogens with zero attached hydrogens (tertiary/aromatic N) is 2. The Morgan fingerprint density at radius 1 is 1.29 bits per heavy atom. The molecule has 0 spiro atoms. The van der Waals surface area contributed by atoms with E-state index in [9.17, 15) is 0 Å². The molecule has 21 heavy (non-hydrogen) atoms. The number of aromatic nitrogens is 1. The monoisotopic (exact) mass is 322 g/mol. The first-order valence-corrected chi connectivity index (χ1v) is 8.78. The first kappa shape index (κ1) is 16.0. The van der Waals surface area contributed by atoms with Crippen LogP contribution in [-0.4, -0.2) is 18.0 Å². The number of aliphatic imine (C=N–C) groups is 1. The molecule has 0 aliphatic heterocycles. The molecule has 0 radical (unpaired) electrons. The van der Waals surface area contributed by atoms with E-state index in [1.54, 1.807) is 29.7 Å². The van der Waals surface area contributed by atoms with Crippen molar-refractivity contribution in [1.29, 1.82) is 0 Å². The van der Waals surface area contributed by atoms with Crippen LogP contribution in [0.5, 0.6) is 0 Å². The third-order valence-electron chi connectivity index (χ3n) is 3.11. The molecule has 0 saturated carbocycles. The minimum atomic E-state index is 0.489. The van der Waals surface area contributed by atoms with E-state index in [1.165, 1.54) is 15.4 Å². The van der Waals surface area contributed by atoms with E-state index >= 15 is 0 Å². The fraction of sp³-hybridized carbons (Fsp3) is 0.467. The summed E-state index contributed by atoms with van der Waals surface area (Å²) in [6.07, 6.45) is 0. The Kier molecular flexibility index (Phi) is 5.76. The Hall–Kier alpha value is -1.40. The molecule has 4 nitrogen and oxygen atoms in total. The van der Waals surface area contributed by atoms with Crippen LogP contribution in [0.1, 0.15) is 40.9 Å². The molecule has 2 aromatic rings. The van der Waals surface area contributed by atoms with Crippen LogP contribution in [0.3, 0.4) is 0 Å². The maximum atomic E-state index is 4.62. The first-order valence-electron chi connectivity index (χ1n) is 7.02. The van der Waals surface area contributed by atoms with E-state index in [0.29, 0.717) is 12.5 Å². The molecule has 6 heteroatoms. The van der Waals surface area contributed by atoms with Gasteiger partial charge in [-0.1, -0.05) is 13.8 Å². The van der Waals surface area contributed by atoms with Crippen LogP contribution in [-0.2, 0) is 13.1 Å². The average Bonchev–Trinajstić information content (AvgIpc) is 3.08. The minimum absolute atomic E-state index is 0.489. The highest BCUT2D eigenvalue weighted by Gasteiger charge is 2.07. The number of thiophene rings is 1. The van der Waals surface area contributed by atoms with Gasteiger partial charge < -0.3 is 10.6 Å². The molecule has 0 amide bonds. The molecule has 0 aromatic carbocycles. The lowest BCUT2D eigenvalue weighted by Gasteiger charge is -2.10. The number of hydrogen-bond acceptors (Lipinski definition) is 4. The maximum absolute atomic E-state index is 4.62. The summed E-state index contributed by atoms with van der Waals surface area (Å²) < 4.78 is 0. The fourth-order valence-electron chi connectivity index (χ4n) is 1.81. The molecule has 0 fully saturated rings. The van der Waals surface area contributed by atoms with Crippen LogP contribution in [0.4, 0.5) is 0 Å². The number of hydrogen-bond donors (Lipinski definition) is 2. The lowest BCUT2D eigenvalue weighted by molar-refractivity contribution is 0.786. The van der Waals surface area contributed by atoms with Crippen LogP contribution in [0.2, 0.25) is 0 Å². The highest BCUT2D eigenvalue weighted by Crippen LogP contribution is 2.19. The summed E-state index contributed by atoms with van der Waals surface area (Å²) in [5, 5.41) is 12.1. The van der Waals surface area contributed by atoms with Gasteiger partial charge in [-0.15, -0.1) is 22.7 Å². The molecule has 0 aliphatic rings. The highest BCUT2D eigenvalue weighted by atomic mass is 32.1. The molecule has 0 unspecified atom stereocenters. The Morgan fingerprint density at radius 3 is 2.62 bits per heavy atom. The van der Waals surface area contributed by atoms with Gasteiger partial charge in [0.25, 0.3) is 0 Å². The number of thiazole rings is 1. The normalized spacial score (nSPS) is 12.0. The van der Waals surface area contributed by atoms with Crippen LogP contribution in [0, 0.1) is 6.92 Å². The topological polar surface area (TPSA) is 49.3 Å². The largest absolute Gasteiger partial charge is 0.352 e. The van der Waals surface area contributed by atoms with E-state index in [1.807, 2.05) is 0 Å². The van der Waals surface area contributed by atoms with Gasteiger partial charge in [-0.2, -0.15) is 0 Å². The standard InChI is InChI=1S/C15H22N4S2/c1-10(2)14-19-12(9-21-14)7-17-15(16-4)18-8-13-11(3)5-6-20-13/h5-6,9-10H,7-8H2,1-4H3,(H2,16,17,18). The minimum Gasteiger partial charge on any atom is -0.352 e. The molecule has 2 aromatic heterocycles. The van der Waals surface area contributed by atoms with Crippen molar-refractivity contribution in [1.82, 2.24) is 15.6 Å². The lowest BCUT2D eigenvalue weighted by Crippen LogP contribution is -2.36. The zero-order valence-electron chi connectivity index (χ0n) is 12.9. The molecule has 0 aliphatic carbocycles. The van der Waals surface area contributed by atoms with Gasteiger partial charge in [0.15, 0.2) is 5.96 Å². The average molecular weight is 323 g/mol. The molecule has 0 atom stereocenters. The van der Waals surface area contributed by atoms with Crippen molar-refractivity contribution < 1.29 is 0 Å². The molecular formula is C15H22N4S2. The quantitative estimate of drug-likeness (QED) is 0.654. The molecule has 0 bridgehead atoms.